The Hall–Kier alpha value is -2.99. The van der Waals surface area contributed by atoms with Crippen LogP contribution in [-0.2, 0) is 9.59 Å². The monoisotopic (exact) mass is 455 g/mol. The van der Waals surface area contributed by atoms with Crippen LogP contribution in [0.25, 0.3) is 6.08 Å². The summed E-state index contributed by atoms with van der Waals surface area (Å²) in [6, 6.07) is 10.8. The Morgan fingerprint density at radius 1 is 1.28 bits per heavy atom. The first-order chi connectivity index (χ1) is 15.3. The molecule has 168 valence electrons. The molecule has 1 amide bonds. The lowest BCUT2D eigenvalue weighted by Crippen LogP contribution is -2.62. The second-order valence-electron chi connectivity index (χ2n) is 8.22. The number of halogens is 1. The minimum atomic E-state index is -0.838. The highest BCUT2D eigenvalue weighted by atomic mass is 35.5. The zero-order valence-corrected chi connectivity index (χ0v) is 19.3. The highest BCUT2D eigenvalue weighted by molar-refractivity contribution is 6.30. The predicted octanol–water partition coefficient (Wildman–Crippen LogP) is 4.70. The number of piperidine rings is 1. The molecular formula is C25H26ClNO5. The van der Waals surface area contributed by atoms with Gasteiger partial charge in [-0.1, -0.05) is 23.7 Å². The summed E-state index contributed by atoms with van der Waals surface area (Å²) in [5.41, 5.74) is 0.771. The van der Waals surface area contributed by atoms with Gasteiger partial charge in [0.2, 0.25) is 5.91 Å². The van der Waals surface area contributed by atoms with Crippen molar-refractivity contribution in [3.63, 3.8) is 0 Å². The summed E-state index contributed by atoms with van der Waals surface area (Å²) in [6.07, 6.45) is 3.68. The second kappa shape index (κ2) is 8.51. The molecular weight excluding hydrogens is 430 g/mol. The van der Waals surface area contributed by atoms with Crippen LogP contribution < -0.4 is 14.2 Å². The van der Waals surface area contributed by atoms with E-state index >= 15 is 0 Å². The lowest BCUT2D eigenvalue weighted by molar-refractivity contribution is -0.170. The van der Waals surface area contributed by atoms with E-state index in [9.17, 15) is 9.59 Å². The molecule has 2 heterocycles. The van der Waals surface area contributed by atoms with Crippen LogP contribution in [0.3, 0.4) is 0 Å². The number of rotatable bonds is 6. The maximum Gasteiger partial charge on any atom is 0.236 e. The van der Waals surface area contributed by atoms with Gasteiger partial charge in [0.1, 0.15) is 11.7 Å². The first-order valence-electron chi connectivity index (χ1n) is 10.6. The molecule has 7 heteroatoms. The summed E-state index contributed by atoms with van der Waals surface area (Å²) in [7, 11) is 3.25. The normalized spacial score (nSPS) is 24.2. The SMILES string of the molecule is CCOc1ccc(/C=C/C(=O)C2C(=O)N(C)C3(C)CC2c2cc(Cl)ccc2O3)cc1OC. The molecule has 0 aromatic heterocycles. The summed E-state index contributed by atoms with van der Waals surface area (Å²) in [5, 5.41) is 0.547. The summed E-state index contributed by atoms with van der Waals surface area (Å²) in [4.78, 5) is 28.1. The summed E-state index contributed by atoms with van der Waals surface area (Å²) >= 11 is 6.21. The maximum absolute atomic E-state index is 13.3. The Bertz CT molecular complexity index is 1100. The molecule has 0 saturated carbocycles. The Labute approximate surface area is 192 Å². The molecule has 1 saturated heterocycles. The molecule has 2 aliphatic heterocycles. The van der Waals surface area contributed by atoms with E-state index in [0.717, 1.165) is 11.1 Å². The topological polar surface area (TPSA) is 65.1 Å². The van der Waals surface area contributed by atoms with Gasteiger partial charge >= 0.3 is 0 Å². The number of carbonyl (C=O) groups is 2. The van der Waals surface area contributed by atoms with Gasteiger partial charge in [0.15, 0.2) is 23.0 Å². The van der Waals surface area contributed by atoms with Crippen molar-refractivity contribution in [1.29, 1.82) is 0 Å². The number of hydrogen-bond acceptors (Lipinski definition) is 5. The number of allylic oxidation sites excluding steroid dienone is 1. The average Bonchev–Trinajstić information content (AvgIpc) is 2.77. The van der Waals surface area contributed by atoms with E-state index in [2.05, 4.69) is 0 Å². The van der Waals surface area contributed by atoms with Crippen LogP contribution >= 0.6 is 11.6 Å². The first-order valence-corrected chi connectivity index (χ1v) is 10.9. The molecule has 0 N–H and O–H groups in total. The highest BCUT2D eigenvalue weighted by Crippen LogP contribution is 2.50. The molecule has 0 radical (unpaired) electrons. The minimum Gasteiger partial charge on any atom is -0.493 e. The van der Waals surface area contributed by atoms with E-state index in [4.69, 9.17) is 25.8 Å². The van der Waals surface area contributed by atoms with E-state index in [-0.39, 0.29) is 17.6 Å². The molecule has 2 aromatic rings. The van der Waals surface area contributed by atoms with E-state index < -0.39 is 11.6 Å². The molecule has 2 bridgehead atoms. The predicted molar refractivity (Wildman–Crippen MR) is 122 cm³/mol. The zero-order chi connectivity index (χ0) is 23.0. The molecule has 2 aromatic carbocycles. The van der Waals surface area contributed by atoms with E-state index in [1.807, 2.05) is 19.9 Å². The molecule has 32 heavy (non-hydrogen) atoms. The highest BCUT2D eigenvalue weighted by Gasteiger charge is 2.54. The Morgan fingerprint density at radius 3 is 2.78 bits per heavy atom. The number of amides is 1. The fourth-order valence-corrected chi connectivity index (χ4v) is 4.66. The largest absolute Gasteiger partial charge is 0.493 e. The van der Waals surface area contributed by atoms with Crippen LogP contribution in [0.2, 0.25) is 5.02 Å². The van der Waals surface area contributed by atoms with Crippen LogP contribution in [0.1, 0.15) is 37.3 Å². The van der Waals surface area contributed by atoms with Gasteiger partial charge in [0, 0.05) is 30.0 Å². The van der Waals surface area contributed by atoms with Crippen molar-refractivity contribution < 1.29 is 23.8 Å². The number of methoxy groups -OCH3 is 1. The second-order valence-corrected chi connectivity index (χ2v) is 8.66. The number of nitrogens with zero attached hydrogens (tertiary/aromatic N) is 1. The zero-order valence-electron chi connectivity index (χ0n) is 18.6. The summed E-state index contributed by atoms with van der Waals surface area (Å²) in [6.45, 7) is 4.30. The van der Waals surface area contributed by atoms with Crippen molar-refractivity contribution >= 4 is 29.4 Å². The number of hydrogen-bond donors (Lipinski definition) is 0. The van der Waals surface area contributed by atoms with Gasteiger partial charge in [-0.15, -0.1) is 0 Å². The van der Waals surface area contributed by atoms with Gasteiger partial charge in [-0.05, 0) is 55.8 Å². The maximum atomic E-state index is 13.3. The number of likely N-dealkylation sites (tertiary alicyclic amines) is 1. The molecule has 1 fully saturated rings. The number of benzene rings is 2. The third-order valence-electron chi connectivity index (χ3n) is 6.24. The Kier molecular flexibility index (Phi) is 5.91. The van der Waals surface area contributed by atoms with Gasteiger partial charge < -0.3 is 19.1 Å². The molecule has 0 spiro atoms. The number of ketones is 1. The molecule has 0 aliphatic carbocycles. The average molecular weight is 456 g/mol. The minimum absolute atomic E-state index is 0.255. The summed E-state index contributed by atoms with van der Waals surface area (Å²) < 4.78 is 17.0. The van der Waals surface area contributed by atoms with Gasteiger partial charge in [0.05, 0.1) is 13.7 Å². The van der Waals surface area contributed by atoms with Crippen molar-refractivity contribution in [2.24, 2.45) is 5.92 Å². The van der Waals surface area contributed by atoms with Crippen molar-refractivity contribution in [2.75, 3.05) is 20.8 Å². The van der Waals surface area contributed by atoms with Crippen LogP contribution in [0.4, 0.5) is 0 Å². The Morgan fingerprint density at radius 2 is 2.06 bits per heavy atom. The van der Waals surface area contributed by atoms with Crippen molar-refractivity contribution in [2.45, 2.75) is 31.9 Å². The molecule has 4 rings (SSSR count). The van der Waals surface area contributed by atoms with Crippen LogP contribution in [0, 0.1) is 5.92 Å². The van der Waals surface area contributed by atoms with Crippen LogP contribution in [0.15, 0.2) is 42.5 Å². The molecule has 6 nitrogen and oxygen atoms in total. The van der Waals surface area contributed by atoms with Gasteiger partial charge in [-0.2, -0.15) is 0 Å². The van der Waals surface area contributed by atoms with Crippen LogP contribution in [0.5, 0.6) is 17.2 Å². The Balaban J connectivity index is 1.65. The van der Waals surface area contributed by atoms with Crippen molar-refractivity contribution in [1.82, 2.24) is 4.90 Å². The number of fused-ring (bicyclic) bond motifs is 4. The third kappa shape index (κ3) is 3.84. The quantitative estimate of drug-likeness (QED) is 0.466. The van der Waals surface area contributed by atoms with E-state index in [1.165, 1.54) is 11.0 Å². The van der Waals surface area contributed by atoms with E-state index in [1.54, 1.807) is 50.6 Å². The van der Waals surface area contributed by atoms with Crippen molar-refractivity contribution in [3.8, 4) is 17.2 Å². The van der Waals surface area contributed by atoms with Crippen LogP contribution in [-0.4, -0.2) is 43.1 Å². The van der Waals surface area contributed by atoms with Gasteiger partial charge in [-0.3, -0.25) is 9.59 Å². The fraction of sp³-hybridized carbons (Fsp3) is 0.360. The number of carbonyl (C=O) groups excluding carboxylic acids is 2. The van der Waals surface area contributed by atoms with Crippen molar-refractivity contribution in [3.05, 3.63) is 58.6 Å². The van der Waals surface area contributed by atoms with Gasteiger partial charge in [0.25, 0.3) is 0 Å². The van der Waals surface area contributed by atoms with E-state index in [0.29, 0.717) is 35.3 Å². The van der Waals surface area contributed by atoms with Gasteiger partial charge in [-0.25, -0.2) is 0 Å². The molecule has 3 unspecified atom stereocenters. The third-order valence-corrected chi connectivity index (χ3v) is 6.48. The standard InChI is InChI=1S/C25H26ClNO5/c1-5-31-21-10-7-15(12-22(21)30-4)6-9-19(28)23-18-14-25(2,27(3)24(23)29)32-20-11-8-16(26)13-17(18)20/h6-13,18,23H,5,14H2,1-4H3/b9-6+. The first kappa shape index (κ1) is 22.2. The molecule has 2 aliphatic rings. The fourth-order valence-electron chi connectivity index (χ4n) is 4.48. The number of ether oxygens (including phenoxy) is 3. The smallest absolute Gasteiger partial charge is 0.236 e. The molecule has 3 atom stereocenters. The lowest BCUT2D eigenvalue weighted by Gasteiger charge is -2.51. The lowest BCUT2D eigenvalue weighted by atomic mass is 9.72. The summed E-state index contributed by atoms with van der Waals surface area (Å²) in [5.74, 6) is 0.220.